The summed E-state index contributed by atoms with van der Waals surface area (Å²) in [6.07, 6.45) is 0. The second-order valence-corrected chi connectivity index (χ2v) is 5.81. The summed E-state index contributed by atoms with van der Waals surface area (Å²) in [5.74, 6) is 0.119. The van der Waals surface area contributed by atoms with Crippen molar-refractivity contribution < 1.29 is 14.3 Å². The van der Waals surface area contributed by atoms with Gasteiger partial charge < -0.3 is 15.4 Å². The largest absolute Gasteiger partial charge is 0.493 e. The summed E-state index contributed by atoms with van der Waals surface area (Å²) in [5, 5.41) is 7.39. The molecule has 0 aliphatic heterocycles. The van der Waals surface area contributed by atoms with Gasteiger partial charge in [-0.25, -0.2) is 0 Å². The number of carbonyl (C=O) groups is 2. The highest BCUT2D eigenvalue weighted by atomic mass is 16.5. The number of anilines is 2. The highest BCUT2D eigenvalue weighted by Gasteiger charge is 2.17. The van der Waals surface area contributed by atoms with Crippen LogP contribution < -0.4 is 15.4 Å². The molecule has 5 heteroatoms. The monoisotopic (exact) mass is 348 g/mol. The quantitative estimate of drug-likeness (QED) is 0.716. The van der Waals surface area contributed by atoms with Crippen molar-refractivity contribution in [2.24, 2.45) is 0 Å². The first kappa shape index (κ1) is 17.5. The van der Waals surface area contributed by atoms with Crippen LogP contribution in [0.25, 0.3) is 10.8 Å². The molecule has 0 bridgehead atoms. The van der Waals surface area contributed by atoms with E-state index in [0.717, 1.165) is 10.8 Å². The second kappa shape index (κ2) is 7.70. The lowest BCUT2D eigenvalue weighted by atomic mass is 10.0. The predicted octanol–water partition coefficient (Wildman–Crippen LogP) is 4.45. The fraction of sp³-hybridized carbons (Fsp3) is 0.143. The standard InChI is InChI=1S/C21H20N2O3/c1-3-26-19-12-11-15-7-4-5-10-18(15)20(19)21(25)23-17-9-6-8-16(13-17)22-14(2)24/h4-13H,3H2,1-2H3,(H,22,24)(H,23,25). The lowest BCUT2D eigenvalue weighted by Crippen LogP contribution is -2.15. The number of benzene rings is 3. The molecule has 0 fully saturated rings. The van der Waals surface area contributed by atoms with Crippen LogP contribution in [0, 0.1) is 0 Å². The van der Waals surface area contributed by atoms with Crippen molar-refractivity contribution >= 4 is 34.0 Å². The molecule has 3 aromatic rings. The first-order valence-corrected chi connectivity index (χ1v) is 8.42. The van der Waals surface area contributed by atoms with Crippen molar-refractivity contribution in [1.82, 2.24) is 0 Å². The zero-order valence-corrected chi connectivity index (χ0v) is 14.7. The second-order valence-electron chi connectivity index (χ2n) is 5.81. The highest BCUT2D eigenvalue weighted by Crippen LogP contribution is 2.29. The van der Waals surface area contributed by atoms with E-state index in [1.54, 1.807) is 24.3 Å². The summed E-state index contributed by atoms with van der Waals surface area (Å²) >= 11 is 0. The minimum atomic E-state index is -0.259. The van der Waals surface area contributed by atoms with E-state index in [2.05, 4.69) is 10.6 Å². The van der Waals surface area contributed by atoms with Gasteiger partial charge in [-0.15, -0.1) is 0 Å². The minimum absolute atomic E-state index is 0.166. The van der Waals surface area contributed by atoms with Crippen molar-refractivity contribution in [1.29, 1.82) is 0 Å². The van der Waals surface area contributed by atoms with Crippen molar-refractivity contribution in [3.63, 3.8) is 0 Å². The van der Waals surface area contributed by atoms with Gasteiger partial charge in [0.25, 0.3) is 5.91 Å². The Morgan fingerprint density at radius 3 is 2.38 bits per heavy atom. The molecule has 2 amide bonds. The van der Waals surface area contributed by atoms with Crippen LogP contribution in [0.2, 0.25) is 0 Å². The Hall–Kier alpha value is -3.34. The molecule has 132 valence electrons. The number of hydrogen-bond acceptors (Lipinski definition) is 3. The van der Waals surface area contributed by atoms with Crippen molar-refractivity contribution in [3.8, 4) is 5.75 Å². The maximum absolute atomic E-state index is 13.0. The smallest absolute Gasteiger partial charge is 0.260 e. The Kier molecular flexibility index (Phi) is 5.17. The lowest BCUT2D eigenvalue weighted by Gasteiger charge is -2.14. The van der Waals surface area contributed by atoms with Crippen molar-refractivity contribution in [2.75, 3.05) is 17.2 Å². The Labute approximate surface area is 152 Å². The number of rotatable bonds is 5. The molecule has 0 spiro atoms. The van der Waals surface area contributed by atoms with Gasteiger partial charge in [-0.1, -0.05) is 36.4 Å². The van der Waals surface area contributed by atoms with Gasteiger partial charge in [-0.2, -0.15) is 0 Å². The lowest BCUT2D eigenvalue weighted by molar-refractivity contribution is -0.114. The molecule has 0 radical (unpaired) electrons. The van der Waals surface area contributed by atoms with Crippen LogP contribution in [0.1, 0.15) is 24.2 Å². The molecule has 0 aliphatic carbocycles. The molecule has 0 aliphatic rings. The van der Waals surface area contributed by atoms with Gasteiger partial charge in [0, 0.05) is 18.3 Å². The average molecular weight is 348 g/mol. The topological polar surface area (TPSA) is 67.4 Å². The average Bonchev–Trinajstić information content (AvgIpc) is 2.61. The first-order valence-electron chi connectivity index (χ1n) is 8.42. The zero-order valence-electron chi connectivity index (χ0n) is 14.7. The zero-order chi connectivity index (χ0) is 18.5. The fourth-order valence-electron chi connectivity index (χ4n) is 2.83. The summed E-state index contributed by atoms with van der Waals surface area (Å²) in [4.78, 5) is 24.2. The molecule has 2 N–H and O–H groups in total. The molecule has 0 atom stereocenters. The van der Waals surface area contributed by atoms with Crippen LogP contribution in [0.15, 0.2) is 60.7 Å². The van der Waals surface area contributed by atoms with Gasteiger partial charge in [0.2, 0.25) is 5.91 Å². The van der Waals surface area contributed by atoms with E-state index < -0.39 is 0 Å². The Balaban J connectivity index is 1.97. The maximum atomic E-state index is 13.0. The third-order valence-corrected chi connectivity index (χ3v) is 3.86. The number of carbonyl (C=O) groups excluding carboxylic acids is 2. The molecule has 0 unspecified atom stereocenters. The van der Waals surface area contributed by atoms with Crippen LogP contribution in [0.3, 0.4) is 0 Å². The SMILES string of the molecule is CCOc1ccc2ccccc2c1C(=O)Nc1cccc(NC(C)=O)c1. The first-order chi connectivity index (χ1) is 12.6. The summed E-state index contributed by atoms with van der Waals surface area (Å²) in [6.45, 7) is 3.79. The van der Waals surface area contributed by atoms with E-state index in [1.807, 2.05) is 43.3 Å². The highest BCUT2D eigenvalue weighted by molar-refractivity contribution is 6.15. The van der Waals surface area contributed by atoms with E-state index in [4.69, 9.17) is 4.74 Å². The fourth-order valence-corrected chi connectivity index (χ4v) is 2.83. The summed E-state index contributed by atoms with van der Waals surface area (Å²) < 4.78 is 5.66. The molecule has 3 aromatic carbocycles. The number of nitrogens with one attached hydrogen (secondary N) is 2. The Morgan fingerprint density at radius 1 is 0.923 bits per heavy atom. The minimum Gasteiger partial charge on any atom is -0.493 e. The van der Waals surface area contributed by atoms with E-state index in [-0.39, 0.29) is 11.8 Å². The van der Waals surface area contributed by atoms with E-state index in [9.17, 15) is 9.59 Å². The molecule has 0 aromatic heterocycles. The number of ether oxygens (including phenoxy) is 1. The molecule has 0 saturated heterocycles. The van der Waals surface area contributed by atoms with Crippen molar-refractivity contribution in [3.05, 3.63) is 66.2 Å². The summed E-state index contributed by atoms with van der Waals surface area (Å²) in [5.41, 5.74) is 1.71. The predicted molar refractivity (Wildman–Crippen MR) is 104 cm³/mol. The van der Waals surface area contributed by atoms with E-state index in [1.165, 1.54) is 6.92 Å². The van der Waals surface area contributed by atoms with Gasteiger partial charge >= 0.3 is 0 Å². The maximum Gasteiger partial charge on any atom is 0.260 e. The normalized spacial score (nSPS) is 10.4. The van der Waals surface area contributed by atoms with Crippen LogP contribution in [0.5, 0.6) is 5.75 Å². The van der Waals surface area contributed by atoms with Gasteiger partial charge in [0.1, 0.15) is 5.75 Å². The molecule has 26 heavy (non-hydrogen) atoms. The van der Waals surface area contributed by atoms with Gasteiger partial charge in [-0.05, 0) is 42.0 Å². The summed E-state index contributed by atoms with van der Waals surface area (Å²) in [7, 11) is 0. The van der Waals surface area contributed by atoms with Crippen molar-refractivity contribution in [2.45, 2.75) is 13.8 Å². The third-order valence-electron chi connectivity index (χ3n) is 3.86. The summed E-state index contributed by atoms with van der Waals surface area (Å²) in [6, 6.07) is 18.5. The molecule has 0 heterocycles. The molecular weight excluding hydrogens is 328 g/mol. The van der Waals surface area contributed by atoms with E-state index >= 15 is 0 Å². The Morgan fingerprint density at radius 2 is 1.65 bits per heavy atom. The van der Waals surface area contributed by atoms with Crippen LogP contribution in [-0.2, 0) is 4.79 Å². The van der Waals surface area contributed by atoms with Crippen LogP contribution >= 0.6 is 0 Å². The number of hydrogen-bond donors (Lipinski definition) is 2. The van der Waals surface area contributed by atoms with Crippen LogP contribution in [-0.4, -0.2) is 18.4 Å². The molecule has 5 nitrogen and oxygen atoms in total. The van der Waals surface area contributed by atoms with Gasteiger partial charge in [0.15, 0.2) is 0 Å². The van der Waals surface area contributed by atoms with Gasteiger partial charge in [-0.3, -0.25) is 9.59 Å². The third kappa shape index (κ3) is 3.83. The molecule has 0 saturated carbocycles. The van der Waals surface area contributed by atoms with Gasteiger partial charge in [0.05, 0.1) is 12.2 Å². The Bertz CT molecular complexity index is 966. The number of amides is 2. The molecule has 3 rings (SSSR count). The van der Waals surface area contributed by atoms with Crippen LogP contribution in [0.4, 0.5) is 11.4 Å². The number of fused-ring (bicyclic) bond motifs is 1. The molecular formula is C21H20N2O3. The van der Waals surface area contributed by atoms with E-state index in [0.29, 0.717) is 29.3 Å².